The van der Waals surface area contributed by atoms with Gasteiger partial charge in [-0.1, -0.05) is 0 Å². The molecular formula is C23H24FN7O2. The van der Waals surface area contributed by atoms with E-state index in [4.69, 9.17) is 14.7 Å². The van der Waals surface area contributed by atoms with E-state index in [1.807, 2.05) is 24.4 Å². The van der Waals surface area contributed by atoms with E-state index in [2.05, 4.69) is 26.5 Å². The molecule has 1 aliphatic carbocycles. The summed E-state index contributed by atoms with van der Waals surface area (Å²) in [5.41, 5.74) is 3.28. The van der Waals surface area contributed by atoms with Crippen LogP contribution in [0.25, 0.3) is 28.3 Å². The Morgan fingerprint density at radius 1 is 1.24 bits per heavy atom. The molecule has 2 unspecified atom stereocenters. The van der Waals surface area contributed by atoms with Gasteiger partial charge in [-0.25, -0.2) is 14.4 Å². The van der Waals surface area contributed by atoms with E-state index in [-0.39, 0.29) is 5.91 Å². The molecule has 2 fully saturated rings. The Hall–Kier alpha value is -3.53. The second-order valence-electron chi connectivity index (χ2n) is 8.57. The van der Waals surface area contributed by atoms with Gasteiger partial charge in [0.1, 0.15) is 23.4 Å². The molecule has 2 N–H and O–H groups in total. The molecule has 2 aromatic heterocycles. The lowest BCUT2D eigenvalue weighted by Crippen LogP contribution is -2.27. The van der Waals surface area contributed by atoms with Gasteiger partial charge in [-0.2, -0.15) is 9.61 Å². The Bertz CT molecular complexity index is 1310. The molecule has 170 valence electrons. The number of nitrogens with one attached hydrogen (secondary N) is 2. The highest BCUT2D eigenvalue weighted by molar-refractivity contribution is 6.00. The molecule has 2 aromatic rings. The van der Waals surface area contributed by atoms with Crippen molar-refractivity contribution in [1.29, 1.82) is 0 Å². The molecule has 6 rings (SSSR count). The van der Waals surface area contributed by atoms with Crippen LogP contribution in [-0.4, -0.2) is 62.5 Å². The molecule has 33 heavy (non-hydrogen) atoms. The number of amides is 1. The average molecular weight is 449 g/mol. The highest BCUT2D eigenvalue weighted by Gasteiger charge is 2.39. The Balaban J connectivity index is 1.41. The summed E-state index contributed by atoms with van der Waals surface area (Å²) in [5, 5.41) is 10.2. The van der Waals surface area contributed by atoms with Crippen LogP contribution in [-0.2, 0) is 4.74 Å². The molecule has 0 aromatic carbocycles. The van der Waals surface area contributed by atoms with Crippen LogP contribution in [0, 0.1) is 0 Å². The first-order chi connectivity index (χ1) is 16.1. The van der Waals surface area contributed by atoms with Crippen molar-refractivity contribution in [3.63, 3.8) is 0 Å². The summed E-state index contributed by atoms with van der Waals surface area (Å²) in [6.45, 7) is 1.50. The maximum absolute atomic E-state index is 13.3. The van der Waals surface area contributed by atoms with Gasteiger partial charge < -0.3 is 19.9 Å². The third-order valence-electron chi connectivity index (χ3n) is 6.46. The van der Waals surface area contributed by atoms with Crippen LogP contribution in [0.1, 0.15) is 35.7 Å². The minimum absolute atomic E-state index is 0.313. The topological polar surface area (TPSA) is 98.4 Å². The standard InChI is InChI=1S/C23H24FN7O2/c1-25-20-10-18(28-22-16(12-27-31(20)22)23(32)29-19-9-17(19)24)15-11-26-21-14(15)3-2-6-30(21)13-4-7-33-8-5-13/h2-3,6,10-13,17,19,25H,4-5,7-9H2,1H3,(H,29,32). The Morgan fingerprint density at radius 3 is 2.82 bits per heavy atom. The van der Waals surface area contributed by atoms with E-state index in [1.165, 1.54) is 6.20 Å². The van der Waals surface area contributed by atoms with E-state index >= 15 is 0 Å². The number of alkyl halides is 1. The van der Waals surface area contributed by atoms with Crippen molar-refractivity contribution >= 4 is 17.4 Å². The zero-order chi connectivity index (χ0) is 22.5. The Kier molecular flexibility index (Phi) is 4.75. The number of fused-ring (bicyclic) bond motifs is 2. The van der Waals surface area contributed by atoms with E-state index in [0.29, 0.717) is 35.2 Å². The molecule has 5 heterocycles. The third-order valence-corrected chi connectivity index (χ3v) is 6.46. The maximum atomic E-state index is 13.3. The van der Waals surface area contributed by atoms with Crippen LogP contribution in [0.2, 0.25) is 0 Å². The number of rotatable bonds is 5. The number of nitrogens with zero attached hydrogens (tertiary/aromatic N) is 5. The smallest absolute Gasteiger partial charge is 0.257 e. The first-order valence-corrected chi connectivity index (χ1v) is 11.2. The van der Waals surface area contributed by atoms with Crippen LogP contribution < -0.4 is 10.6 Å². The largest absolute Gasteiger partial charge is 0.381 e. The highest BCUT2D eigenvalue weighted by Crippen LogP contribution is 2.36. The predicted molar refractivity (Wildman–Crippen MR) is 120 cm³/mol. The summed E-state index contributed by atoms with van der Waals surface area (Å²) in [5.74, 6) is 1.22. The predicted octanol–water partition coefficient (Wildman–Crippen LogP) is 2.93. The van der Waals surface area contributed by atoms with Gasteiger partial charge in [-0.05, 0) is 25.0 Å². The van der Waals surface area contributed by atoms with Crippen LogP contribution >= 0.6 is 0 Å². The molecule has 4 aliphatic rings. The highest BCUT2D eigenvalue weighted by atomic mass is 19.1. The summed E-state index contributed by atoms with van der Waals surface area (Å²) >= 11 is 0. The van der Waals surface area contributed by atoms with E-state index < -0.39 is 12.2 Å². The van der Waals surface area contributed by atoms with Crippen molar-refractivity contribution in [3.05, 3.63) is 42.4 Å². The number of anilines is 1. The van der Waals surface area contributed by atoms with E-state index in [1.54, 1.807) is 11.6 Å². The van der Waals surface area contributed by atoms with Crippen LogP contribution in [0.5, 0.6) is 0 Å². The molecule has 2 atom stereocenters. The van der Waals surface area contributed by atoms with Crippen molar-refractivity contribution in [1.82, 2.24) is 29.5 Å². The van der Waals surface area contributed by atoms with Crippen molar-refractivity contribution in [2.75, 3.05) is 25.6 Å². The summed E-state index contributed by atoms with van der Waals surface area (Å²) in [4.78, 5) is 22.2. The summed E-state index contributed by atoms with van der Waals surface area (Å²) in [6.07, 6.45) is 6.65. The monoisotopic (exact) mass is 449 g/mol. The molecule has 9 nitrogen and oxygen atoms in total. The molecule has 0 spiro atoms. The number of pyridine rings is 1. The van der Waals surface area contributed by atoms with Gasteiger partial charge in [0, 0.05) is 62.3 Å². The number of aromatic nitrogens is 5. The molecular weight excluding hydrogens is 425 g/mol. The van der Waals surface area contributed by atoms with Crippen molar-refractivity contribution in [3.8, 4) is 22.6 Å². The fourth-order valence-corrected chi connectivity index (χ4v) is 4.52. The van der Waals surface area contributed by atoms with Crippen LogP contribution in [0.4, 0.5) is 10.2 Å². The van der Waals surface area contributed by atoms with Gasteiger partial charge in [-0.15, -0.1) is 0 Å². The number of carbonyl (C=O) groups excluding carboxylic acids is 1. The lowest BCUT2D eigenvalue weighted by molar-refractivity contribution is 0.0697. The molecule has 0 bridgehead atoms. The number of ether oxygens (including phenoxy) is 1. The fraction of sp³-hybridized carbons (Fsp3) is 0.391. The Labute approximate surface area is 189 Å². The average Bonchev–Trinajstić information content (AvgIpc) is 3.22. The molecule has 1 saturated carbocycles. The second-order valence-corrected chi connectivity index (χ2v) is 8.57. The van der Waals surface area contributed by atoms with Gasteiger partial charge in [0.25, 0.3) is 5.91 Å². The Morgan fingerprint density at radius 2 is 2.06 bits per heavy atom. The lowest BCUT2D eigenvalue weighted by Gasteiger charge is -2.26. The SMILES string of the molecule is CNc1cc(-c2cnc3n(C4CCOCC4)cccc2-3)nc2c(C(=O)NC3CC3F)cnn12. The van der Waals surface area contributed by atoms with Gasteiger partial charge in [0.15, 0.2) is 5.65 Å². The quantitative estimate of drug-likeness (QED) is 0.486. The minimum Gasteiger partial charge on any atom is -0.381 e. The number of hydrogen-bond acceptors (Lipinski definition) is 6. The first kappa shape index (κ1) is 20.1. The number of carbonyl (C=O) groups is 1. The zero-order valence-corrected chi connectivity index (χ0v) is 18.2. The van der Waals surface area contributed by atoms with Gasteiger partial charge >= 0.3 is 0 Å². The first-order valence-electron chi connectivity index (χ1n) is 11.2. The molecule has 0 radical (unpaired) electrons. The van der Waals surface area contributed by atoms with Gasteiger partial charge in [-0.3, -0.25) is 4.79 Å². The summed E-state index contributed by atoms with van der Waals surface area (Å²) in [6, 6.07) is 5.88. The van der Waals surface area contributed by atoms with Gasteiger partial charge in [0.05, 0.1) is 17.9 Å². The van der Waals surface area contributed by atoms with E-state index in [9.17, 15) is 9.18 Å². The van der Waals surface area contributed by atoms with Crippen molar-refractivity contribution < 1.29 is 13.9 Å². The fourth-order valence-electron chi connectivity index (χ4n) is 4.52. The number of halogens is 1. The molecule has 10 heteroatoms. The van der Waals surface area contributed by atoms with Crippen LogP contribution in [0.3, 0.4) is 0 Å². The minimum atomic E-state index is -0.976. The third kappa shape index (κ3) is 3.41. The molecule has 3 aliphatic heterocycles. The molecule has 1 amide bonds. The summed E-state index contributed by atoms with van der Waals surface area (Å²) in [7, 11) is 1.79. The lowest BCUT2D eigenvalue weighted by atomic mass is 10.0. The second kappa shape index (κ2) is 7.80. The molecule has 1 saturated heterocycles. The zero-order valence-electron chi connectivity index (χ0n) is 18.2. The van der Waals surface area contributed by atoms with Crippen molar-refractivity contribution in [2.24, 2.45) is 0 Å². The normalized spacial score (nSPS) is 20.9. The van der Waals surface area contributed by atoms with Crippen LogP contribution in [0.15, 0.2) is 36.8 Å². The van der Waals surface area contributed by atoms with E-state index in [0.717, 1.165) is 43.0 Å². The summed E-state index contributed by atoms with van der Waals surface area (Å²) < 4.78 is 22.6. The number of hydrogen-bond donors (Lipinski definition) is 2. The maximum Gasteiger partial charge on any atom is 0.257 e. The van der Waals surface area contributed by atoms with Gasteiger partial charge in [0.2, 0.25) is 0 Å². The van der Waals surface area contributed by atoms with Crippen molar-refractivity contribution in [2.45, 2.75) is 37.5 Å².